The van der Waals surface area contributed by atoms with Gasteiger partial charge in [0.1, 0.15) is 0 Å². The Balaban J connectivity index is 0. The van der Waals surface area contributed by atoms with Crippen LogP contribution in [0.5, 0.6) is 0 Å². The molecule has 0 amide bonds. The Morgan fingerprint density at radius 2 is 0.558 bits per heavy atom. The van der Waals surface area contributed by atoms with E-state index in [2.05, 4.69) is 13.8 Å². The summed E-state index contributed by atoms with van der Waals surface area (Å²) >= 11 is 0.00985. The summed E-state index contributed by atoms with van der Waals surface area (Å²) in [6.45, 7) is 6.46. The van der Waals surface area contributed by atoms with Gasteiger partial charge < -0.3 is 5.11 Å². The molecule has 0 aromatic rings. The summed E-state index contributed by atoms with van der Waals surface area (Å²) < 4.78 is 3.33. The van der Waals surface area contributed by atoms with E-state index < -0.39 is 5.97 Å². The molecular weight excluding hydrogens is 631 g/mol. The van der Waals surface area contributed by atoms with Crippen LogP contribution in [0.3, 0.4) is 0 Å². The van der Waals surface area contributed by atoms with Crippen LogP contribution < -0.4 is 0 Å². The maximum absolute atomic E-state index is 9.60. The van der Waals surface area contributed by atoms with Crippen molar-refractivity contribution in [2.75, 3.05) is 0 Å². The molecule has 0 atom stereocenters. The molecule has 0 fully saturated rings. The number of unbranched alkanes of at least 4 members (excludes halogenated alkanes) is 30. The molecule has 1 N–H and O–H groups in total. The fraction of sp³-hybridized carbons (Fsp3) is 0.975. The van der Waals surface area contributed by atoms with Gasteiger partial charge in [-0.1, -0.05) is 85.0 Å². The fourth-order valence-electron chi connectivity index (χ4n) is 5.94. The minimum Gasteiger partial charge on any atom is -0.0654 e. The van der Waals surface area contributed by atoms with Gasteiger partial charge in [-0.3, -0.25) is 4.79 Å². The summed E-state index contributed by atoms with van der Waals surface area (Å²) in [6.07, 6.45) is 48.9. The molecule has 3 heteroatoms. The van der Waals surface area contributed by atoms with Crippen LogP contribution in [0.15, 0.2) is 0 Å². The predicted molar refractivity (Wildman–Crippen MR) is 197 cm³/mol. The van der Waals surface area contributed by atoms with Gasteiger partial charge in [-0.05, 0) is 6.42 Å². The molecule has 258 valence electrons. The molecule has 0 rings (SSSR count). The summed E-state index contributed by atoms with van der Waals surface area (Å²) in [6, 6.07) is 0. The van der Waals surface area contributed by atoms with E-state index in [0.717, 1.165) is 6.42 Å². The van der Waals surface area contributed by atoms with Crippen molar-refractivity contribution in [3.05, 3.63) is 0 Å². The van der Waals surface area contributed by atoms with Crippen molar-refractivity contribution in [2.45, 2.75) is 248 Å². The van der Waals surface area contributed by atoms with Crippen LogP contribution in [0.1, 0.15) is 239 Å². The quantitative estimate of drug-likeness (QED) is 0.0518. The summed E-state index contributed by atoms with van der Waals surface area (Å²) in [5.41, 5.74) is 0. The molecule has 0 aromatic carbocycles. The van der Waals surface area contributed by atoms with Gasteiger partial charge in [-0.15, -0.1) is 0 Å². The van der Waals surface area contributed by atoms with Gasteiger partial charge in [0.15, 0.2) is 0 Å². The van der Waals surface area contributed by atoms with E-state index >= 15 is 0 Å². The maximum atomic E-state index is 9.60. The van der Waals surface area contributed by atoms with E-state index in [1.54, 1.807) is 21.7 Å². The standard InChI is InChI=1S/2C18H37.C4H8O2.Sn/c2*1-3-5-7-9-11-13-15-17-18-16-14-12-10-8-6-4-2;1-2-3-4(5)6;/h2*1,3-18H2,2H3;2-3H2,1H3,(H,5,6);. The smallest absolute Gasteiger partial charge is 0.0654 e. The molecular formula is C40H82O2Sn. The summed E-state index contributed by atoms with van der Waals surface area (Å²) in [5, 5.41) is 7.91. The van der Waals surface area contributed by atoms with E-state index in [9.17, 15) is 4.79 Å². The zero-order chi connectivity index (χ0) is 31.7. The number of hydrogen-bond donors (Lipinski definition) is 1. The number of carboxylic acid groups (broad SMARTS) is 1. The van der Waals surface area contributed by atoms with E-state index in [1.807, 2.05) is 6.92 Å². The van der Waals surface area contributed by atoms with Crippen LogP contribution in [0.2, 0.25) is 8.87 Å². The van der Waals surface area contributed by atoms with Crippen LogP contribution in [-0.2, 0) is 4.79 Å². The first kappa shape index (κ1) is 45.4. The van der Waals surface area contributed by atoms with Crippen molar-refractivity contribution >= 4 is 27.1 Å². The van der Waals surface area contributed by atoms with Crippen molar-refractivity contribution in [3.63, 3.8) is 0 Å². The first-order chi connectivity index (χ1) is 21.2. The molecule has 0 aliphatic heterocycles. The third-order valence-corrected chi connectivity index (χ3v) is 12.9. The van der Waals surface area contributed by atoms with Crippen LogP contribution in [0.4, 0.5) is 0 Å². The molecule has 0 unspecified atom stereocenters. The van der Waals surface area contributed by atoms with E-state index in [1.165, 1.54) is 193 Å². The average Bonchev–Trinajstić information content (AvgIpc) is 3.00. The number of carboxylic acids is 1. The van der Waals surface area contributed by atoms with Crippen molar-refractivity contribution in [1.29, 1.82) is 0 Å². The third-order valence-electron chi connectivity index (χ3n) is 8.88. The summed E-state index contributed by atoms with van der Waals surface area (Å²) in [7, 11) is 0. The van der Waals surface area contributed by atoms with Crippen molar-refractivity contribution in [3.8, 4) is 0 Å². The molecule has 0 aromatic heterocycles. The Bertz CT molecular complexity index is 447. The van der Waals surface area contributed by atoms with Crippen LogP contribution in [0.25, 0.3) is 0 Å². The predicted octanol–water partition coefficient (Wildman–Crippen LogP) is 14.9. The first-order valence-corrected chi connectivity index (χ1v) is 24.1. The van der Waals surface area contributed by atoms with E-state index in [-0.39, 0.29) is 21.1 Å². The van der Waals surface area contributed by atoms with Gasteiger partial charge in [0.2, 0.25) is 0 Å². The Labute approximate surface area is 283 Å². The minimum atomic E-state index is -0.711. The zero-order valence-electron chi connectivity index (χ0n) is 30.3. The van der Waals surface area contributed by atoms with Crippen LogP contribution in [0, 0.1) is 0 Å². The number of rotatable bonds is 36. The van der Waals surface area contributed by atoms with Gasteiger partial charge in [-0.2, -0.15) is 0 Å². The zero-order valence-corrected chi connectivity index (χ0v) is 33.2. The Morgan fingerprint density at radius 1 is 0.349 bits per heavy atom. The molecule has 2 radical (unpaired) electrons. The Morgan fingerprint density at radius 3 is 0.721 bits per heavy atom. The second kappa shape index (κ2) is 44.4. The van der Waals surface area contributed by atoms with Crippen molar-refractivity contribution < 1.29 is 9.90 Å². The van der Waals surface area contributed by atoms with E-state index in [0.29, 0.717) is 6.42 Å². The monoisotopic (exact) mass is 715 g/mol. The summed E-state index contributed by atoms with van der Waals surface area (Å²) in [4.78, 5) is 9.60. The average molecular weight is 714 g/mol. The topological polar surface area (TPSA) is 37.3 Å². The Kier molecular flexibility index (Phi) is 46.9. The molecule has 0 heterocycles. The van der Waals surface area contributed by atoms with Crippen LogP contribution in [-0.4, -0.2) is 32.2 Å². The molecule has 0 aliphatic rings. The first-order valence-electron chi connectivity index (χ1n) is 20.1. The minimum absolute atomic E-state index is 0.00985. The summed E-state index contributed by atoms with van der Waals surface area (Å²) in [5.74, 6) is -0.711. The normalized spacial score (nSPS) is 11.0. The molecule has 2 nitrogen and oxygen atoms in total. The van der Waals surface area contributed by atoms with Gasteiger partial charge in [0.25, 0.3) is 0 Å². The molecule has 0 aliphatic carbocycles. The van der Waals surface area contributed by atoms with Gasteiger partial charge in [0, 0.05) is 6.42 Å². The molecule has 0 spiro atoms. The van der Waals surface area contributed by atoms with Crippen molar-refractivity contribution in [2.24, 2.45) is 0 Å². The number of aliphatic carboxylic acids is 1. The van der Waals surface area contributed by atoms with Crippen LogP contribution >= 0.6 is 0 Å². The van der Waals surface area contributed by atoms with Gasteiger partial charge >= 0.3 is 177 Å². The second-order valence-electron chi connectivity index (χ2n) is 13.5. The molecule has 0 saturated carbocycles. The van der Waals surface area contributed by atoms with Gasteiger partial charge in [0.05, 0.1) is 0 Å². The van der Waals surface area contributed by atoms with Gasteiger partial charge in [-0.25, -0.2) is 0 Å². The fourth-order valence-corrected chi connectivity index (χ4v) is 9.50. The number of carbonyl (C=O) groups is 1. The van der Waals surface area contributed by atoms with Crippen molar-refractivity contribution in [1.82, 2.24) is 0 Å². The second-order valence-corrected chi connectivity index (χ2v) is 17.8. The number of hydrogen-bond acceptors (Lipinski definition) is 1. The Hall–Kier alpha value is 0.269. The molecule has 43 heavy (non-hydrogen) atoms. The molecule has 0 bridgehead atoms. The van der Waals surface area contributed by atoms with E-state index in [4.69, 9.17) is 5.11 Å². The third kappa shape index (κ3) is 49.3. The SMILES string of the molecule is CCCC(=O)O.CCCCCCCCCCCCCCCCC[CH2][Sn][CH2]CCCCCCCCCCCCCCCCC. The molecule has 0 saturated heterocycles.